The second-order valence-electron chi connectivity index (χ2n) is 6.53. The van der Waals surface area contributed by atoms with Gasteiger partial charge in [0.15, 0.2) is 10.9 Å². The first-order valence-electron chi connectivity index (χ1n) is 8.65. The van der Waals surface area contributed by atoms with Gasteiger partial charge >= 0.3 is 0 Å². The molecule has 1 aromatic heterocycles. The summed E-state index contributed by atoms with van der Waals surface area (Å²) < 4.78 is 6.43. The molecule has 0 saturated carbocycles. The smallest absolute Gasteiger partial charge is 0.231 e. The van der Waals surface area contributed by atoms with Crippen molar-refractivity contribution in [3.63, 3.8) is 0 Å². The van der Waals surface area contributed by atoms with Crippen LogP contribution in [0.25, 0.3) is 10.2 Å². The molecule has 3 aromatic rings. The van der Waals surface area contributed by atoms with E-state index in [0.29, 0.717) is 24.3 Å². The van der Waals surface area contributed by atoms with Crippen LogP contribution in [0.1, 0.15) is 17.3 Å². The molecule has 138 valence electrons. The number of methoxy groups -OCH3 is 1. The third-order valence-corrected chi connectivity index (χ3v) is 5.75. The predicted molar refractivity (Wildman–Crippen MR) is 107 cm³/mol. The number of benzene rings is 2. The van der Waals surface area contributed by atoms with Crippen molar-refractivity contribution in [2.75, 3.05) is 30.4 Å². The number of rotatable bonds is 5. The fourth-order valence-electron chi connectivity index (χ4n) is 3.04. The van der Waals surface area contributed by atoms with E-state index < -0.39 is 0 Å². The maximum absolute atomic E-state index is 12.4. The summed E-state index contributed by atoms with van der Waals surface area (Å²) >= 11 is 1.60. The second kappa shape index (κ2) is 7.00. The average molecular weight is 381 g/mol. The first-order chi connectivity index (χ1) is 13.0. The van der Waals surface area contributed by atoms with Crippen LogP contribution < -0.4 is 15.0 Å². The van der Waals surface area contributed by atoms with Gasteiger partial charge in [0.25, 0.3) is 0 Å². The number of ether oxygens (including phenoxy) is 1. The first-order valence-corrected chi connectivity index (χ1v) is 9.47. The molecule has 1 N–H and O–H groups in total. The zero-order valence-electron chi connectivity index (χ0n) is 15.1. The van der Waals surface area contributed by atoms with Crippen molar-refractivity contribution in [1.82, 2.24) is 4.98 Å². The van der Waals surface area contributed by atoms with Crippen LogP contribution in [0.4, 0.5) is 10.8 Å². The van der Waals surface area contributed by atoms with Crippen molar-refractivity contribution >= 4 is 44.1 Å². The van der Waals surface area contributed by atoms with E-state index in [4.69, 9.17) is 4.74 Å². The summed E-state index contributed by atoms with van der Waals surface area (Å²) in [6.45, 7) is 2.80. The number of carbonyl (C=O) groups excluding carboxylic acids is 2. The minimum absolute atomic E-state index is 0.00924. The summed E-state index contributed by atoms with van der Waals surface area (Å²) in [6.07, 6.45) is 0. The standard InChI is InChI=1S/C20H19N3O3S/c1-12(24)13-6-8-15(9-7-13)21-19(25)14-10-23(11-14)20-22-18-16(26-2)4-3-5-17(18)27-20/h3-9,14H,10-11H2,1-2H3,(H,21,25). The maximum Gasteiger partial charge on any atom is 0.231 e. The number of Topliss-reactive ketones (excluding diaryl/α,β-unsaturated/α-hetero) is 1. The van der Waals surface area contributed by atoms with Crippen molar-refractivity contribution in [2.24, 2.45) is 5.92 Å². The lowest BCUT2D eigenvalue weighted by Gasteiger charge is -2.37. The molecule has 1 aliphatic heterocycles. The van der Waals surface area contributed by atoms with Gasteiger partial charge in [-0.3, -0.25) is 9.59 Å². The topological polar surface area (TPSA) is 71.5 Å². The van der Waals surface area contributed by atoms with Gasteiger partial charge in [0.1, 0.15) is 11.3 Å². The molecule has 2 heterocycles. The summed E-state index contributed by atoms with van der Waals surface area (Å²) in [7, 11) is 1.64. The Morgan fingerprint density at radius 3 is 2.59 bits per heavy atom. The monoisotopic (exact) mass is 381 g/mol. The average Bonchev–Trinajstić information content (AvgIpc) is 3.04. The van der Waals surface area contributed by atoms with Crippen LogP contribution in [0.2, 0.25) is 0 Å². The number of nitrogens with one attached hydrogen (secondary N) is 1. The van der Waals surface area contributed by atoms with E-state index in [1.54, 1.807) is 42.7 Å². The summed E-state index contributed by atoms with van der Waals surface area (Å²) in [5.74, 6) is 0.681. The van der Waals surface area contributed by atoms with Crippen LogP contribution in [-0.2, 0) is 4.79 Å². The van der Waals surface area contributed by atoms with E-state index in [-0.39, 0.29) is 17.6 Å². The van der Waals surface area contributed by atoms with Crippen LogP contribution in [0, 0.1) is 5.92 Å². The Kier molecular flexibility index (Phi) is 4.53. The molecule has 1 aliphatic rings. The molecule has 6 nitrogen and oxygen atoms in total. The Balaban J connectivity index is 1.39. The molecule has 0 atom stereocenters. The minimum atomic E-state index is -0.0774. The lowest BCUT2D eigenvalue weighted by molar-refractivity contribution is -0.120. The van der Waals surface area contributed by atoms with Crippen molar-refractivity contribution in [3.05, 3.63) is 48.0 Å². The fraction of sp³-hybridized carbons (Fsp3) is 0.250. The van der Waals surface area contributed by atoms with E-state index in [2.05, 4.69) is 15.2 Å². The molecule has 0 unspecified atom stereocenters. The molecule has 7 heteroatoms. The van der Waals surface area contributed by atoms with Gasteiger partial charge in [-0.05, 0) is 43.3 Å². The third-order valence-electron chi connectivity index (χ3n) is 4.67. The van der Waals surface area contributed by atoms with E-state index >= 15 is 0 Å². The second-order valence-corrected chi connectivity index (χ2v) is 7.54. The lowest BCUT2D eigenvalue weighted by Crippen LogP contribution is -2.52. The zero-order valence-corrected chi connectivity index (χ0v) is 15.9. The van der Waals surface area contributed by atoms with Gasteiger partial charge in [-0.2, -0.15) is 0 Å². The fourth-order valence-corrected chi connectivity index (χ4v) is 4.05. The van der Waals surface area contributed by atoms with Crippen LogP contribution in [0.5, 0.6) is 5.75 Å². The highest BCUT2D eigenvalue weighted by Gasteiger charge is 2.34. The molecule has 0 aliphatic carbocycles. The molecule has 0 radical (unpaired) electrons. The normalized spacial score (nSPS) is 14.1. The van der Waals surface area contributed by atoms with Crippen molar-refractivity contribution < 1.29 is 14.3 Å². The van der Waals surface area contributed by atoms with Crippen molar-refractivity contribution in [2.45, 2.75) is 6.92 Å². The number of ketones is 1. The molecule has 0 spiro atoms. The number of aromatic nitrogens is 1. The van der Waals surface area contributed by atoms with E-state index in [9.17, 15) is 9.59 Å². The molecule has 1 saturated heterocycles. The first kappa shape index (κ1) is 17.5. The van der Waals surface area contributed by atoms with Gasteiger partial charge in [-0.1, -0.05) is 17.4 Å². The van der Waals surface area contributed by atoms with Gasteiger partial charge in [0.2, 0.25) is 5.91 Å². The summed E-state index contributed by atoms with van der Waals surface area (Å²) in [4.78, 5) is 30.5. The molecule has 0 bridgehead atoms. The van der Waals surface area contributed by atoms with Crippen LogP contribution in [-0.4, -0.2) is 36.9 Å². The summed E-state index contributed by atoms with van der Waals surface area (Å²) in [6, 6.07) is 12.8. The van der Waals surface area contributed by atoms with E-state index in [1.807, 2.05) is 18.2 Å². The van der Waals surface area contributed by atoms with Gasteiger partial charge in [0, 0.05) is 24.3 Å². The minimum Gasteiger partial charge on any atom is -0.494 e. The van der Waals surface area contributed by atoms with Gasteiger partial charge < -0.3 is 15.0 Å². The molecular formula is C20H19N3O3S. The van der Waals surface area contributed by atoms with Crippen molar-refractivity contribution in [1.29, 1.82) is 0 Å². The Bertz CT molecular complexity index is 1010. The number of thiazole rings is 1. The Hall–Kier alpha value is -2.93. The molecule has 27 heavy (non-hydrogen) atoms. The van der Waals surface area contributed by atoms with E-state index in [0.717, 1.165) is 21.1 Å². The largest absolute Gasteiger partial charge is 0.494 e. The van der Waals surface area contributed by atoms with Gasteiger partial charge in [-0.25, -0.2) is 4.98 Å². The van der Waals surface area contributed by atoms with E-state index in [1.165, 1.54) is 6.92 Å². The number of para-hydroxylation sites is 1. The van der Waals surface area contributed by atoms with Crippen LogP contribution in [0.3, 0.4) is 0 Å². The lowest BCUT2D eigenvalue weighted by atomic mass is 10.00. The molecule has 1 fully saturated rings. The maximum atomic E-state index is 12.4. The molecule has 1 amide bonds. The van der Waals surface area contributed by atoms with Gasteiger partial charge in [0.05, 0.1) is 17.7 Å². The number of fused-ring (bicyclic) bond motifs is 1. The number of carbonyl (C=O) groups is 2. The number of anilines is 2. The summed E-state index contributed by atoms with van der Waals surface area (Å²) in [5, 5.41) is 3.82. The van der Waals surface area contributed by atoms with Crippen LogP contribution >= 0.6 is 11.3 Å². The Morgan fingerprint density at radius 1 is 1.19 bits per heavy atom. The van der Waals surface area contributed by atoms with Crippen LogP contribution in [0.15, 0.2) is 42.5 Å². The number of amides is 1. The number of hydrogen-bond acceptors (Lipinski definition) is 6. The molecule has 4 rings (SSSR count). The zero-order chi connectivity index (χ0) is 19.0. The highest BCUT2D eigenvalue weighted by Crippen LogP contribution is 2.36. The molecular weight excluding hydrogens is 362 g/mol. The SMILES string of the molecule is COc1cccc2sc(N3CC(C(=O)Nc4ccc(C(C)=O)cc4)C3)nc12. The Labute approximate surface area is 160 Å². The number of hydrogen-bond donors (Lipinski definition) is 1. The predicted octanol–water partition coefficient (Wildman–Crippen LogP) is 3.58. The highest BCUT2D eigenvalue weighted by molar-refractivity contribution is 7.22. The van der Waals surface area contributed by atoms with Crippen molar-refractivity contribution in [3.8, 4) is 5.75 Å². The quantitative estimate of drug-likeness (QED) is 0.684. The summed E-state index contributed by atoms with van der Waals surface area (Å²) in [5.41, 5.74) is 2.20. The highest BCUT2D eigenvalue weighted by atomic mass is 32.1. The number of nitrogens with zero attached hydrogens (tertiary/aromatic N) is 2. The Morgan fingerprint density at radius 2 is 1.93 bits per heavy atom. The molecule has 2 aromatic carbocycles. The third kappa shape index (κ3) is 3.38. The van der Waals surface area contributed by atoms with Gasteiger partial charge in [-0.15, -0.1) is 0 Å².